The number of aromatic nitrogens is 4. The molecule has 9 nitrogen and oxygen atoms in total. The number of nitrogens with zero attached hydrogens (tertiary/aromatic N) is 5. The first kappa shape index (κ1) is 25.0. The number of benzene rings is 1. The molecule has 0 saturated carbocycles. The smallest absolute Gasteiger partial charge is 0.305 e. The van der Waals surface area contributed by atoms with Gasteiger partial charge in [-0.05, 0) is 73.6 Å². The first-order chi connectivity index (χ1) is 19.0. The number of carbonyl (C=O) groups is 2. The van der Waals surface area contributed by atoms with Crippen LogP contribution < -0.4 is 9.64 Å². The lowest BCUT2D eigenvalue weighted by molar-refractivity contribution is -0.137. The average Bonchev–Trinajstić information content (AvgIpc) is 3.57. The standard InChI is InChI=1S/C30H31N5O4/c36-29-6-3-12-34(29)24-14-21(17-31-19-24)28(16-30(37)38)35-27-10-9-25(15-22(27)18-32-35)39-13-11-23-8-7-20-4-1-2-5-26(20)33-23/h7-10,14-15,17-19,28H,1-6,11-13,16H2,(H,37,38)/t28-/m0/s1. The van der Waals surface area contributed by atoms with Crippen molar-refractivity contribution >= 4 is 28.5 Å². The highest BCUT2D eigenvalue weighted by molar-refractivity contribution is 5.95. The number of carboxylic acid groups (broad SMARTS) is 1. The van der Waals surface area contributed by atoms with E-state index in [1.165, 1.54) is 24.1 Å². The van der Waals surface area contributed by atoms with Gasteiger partial charge in [-0.1, -0.05) is 6.07 Å². The van der Waals surface area contributed by atoms with E-state index >= 15 is 0 Å². The highest BCUT2D eigenvalue weighted by Crippen LogP contribution is 2.31. The zero-order valence-corrected chi connectivity index (χ0v) is 21.8. The Balaban J connectivity index is 1.19. The topological polar surface area (TPSA) is 110 Å². The van der Waals surface area contributed by atoms with Crippen molar-refractivity contribution in [1.82, 2.24) is 19.7 Å². The lowest BCUT2D eigenvalue weighted by Crippen LogP contribution is -2.24. The summed E-state index contributed by atoms with van der Waals surface area (Å²) in [5, 5.41) is 15.1. The highest BCUT2D eigenvalue weighted by atomic mass is 16.5. The third kappa shape index (κ3) is 5.34. The maximum atomic E-state index is 12.3. The Morgan fingerprint density at radius 3 is 2.77 bits per heavy atom. The molecule has 3 aromatic heterocycles. The van der Waals surface area contributed by atoms with Crippen LogP contribution in [0.15, 0.2) is 55.0 Å². The Hall–Kier alpha value is -4.27. The number of fused-ring (bicyclic) bond motifs is 2. The third-order valence-electron chi connectivity index (χ3n) is 7.61. The summed E-state index contributed by atoms with van der Waals surface area (Å²) in [7, 11) is 0. The molecule has 39 heavy (non-hydrogen) atoms. The quantitative estimate of drug-likeness (QED) is 0.342. The summed E-state index contributed by atoms with van der Waals surface area (Å²) in [6.07, 6.45) is 11.5. The van der Waals surface area contributed by atoms with Crippen LogP contribution in [0.2, 0.25) is 0 Å². The number of pyridine rings is 2. The van der Waals surface area contributed by atoms with Gasteiger partial charge >= 0.3 is 5.97 Å². The maximum absolute atomic E-state index is 12.3. The van der Waals surface area contributed by atoms with Gasteiger partial charge < -0.3 is 14.7 Å². The summed E-state index contributed by atoms with van der Waals surface area (Å²) in [6.45, 7) is 1.16. The van der Waals surface area contributed by atoms with E-state index in [1.807, 2.05) is 24.3 Å². The van der Waals surface area contributed by atoms with Gasteiger partial charge in [0.25, 0.3) is 0 Å². The first-order valence-corrected chi connectivity index (χ1v) is 13.6. The monoisotopic (exact) mass is 525 g/mol. The zero-order chi connectivity index (χ0) is 26.8. The molecule has 6 rings (SSSR count). The minimum Gasteiger partial charge on any atom is -0.493 e. The van der Waals surface area contributed by atoms with Crippen molar-refractivity contribution in [2.24, 2.45) is 0 Å². The van der Waals surface area contributed by atoms with E-state index in [0.717, 1.165) is 48.0 Å². The van der Waals surface area contributed by atoms with Gasteiger partial charge in [-0.2, -0.15) is 5.10 Å². The largest absolute Gasteiger partial charge is 0.493 e. The molecule has 0 spiro atoms. The zero-order valence-electron chi connectivity index (χ0n) is 21.8. The normalized spacial score (nSPS) is 15.9. The molecular weight excluding hydrogens is 494 g/mol. The molecular formula is C30H31N5O4. The van der Waals surface area contributed by atoms with E-state index < -0.39 is 12.0 Å². The van der Waals surface area contributed by atoms with Crippen LogP contribution in [0.4, 0.5) is 5.69 Å². The molecule has 1 aliphatic heterocycles. The summed E-state index contributed by atoms with van der Waals surface area (Å²) < 4.78 is 7.76. The van der Waals surface area contributed by atoms with E-state index in [4.69, 9.17) is 9.72 Å². The van der Waals surface area contributed by atoms with Crippen molar-refractivity contribution in [1.29, 1.82) is 0 Å². The van der Waals surface area contributed by atoms with Crippen LogP contribution in [-0.4, -0.2) is 49.9 Å². The van der Waals surface area contributed by atoms with Crippen LogP contribution in [0, 0.1) is 0 Å². The summed E-state index contributed by atoms with van der Waals surface area (Å²) in [5.41, 5.74) is 5.83. The van der Waals surface area contributed by atoms with Crippen molar-refractivity contribution < 1.29 is 19.4 Å². The van der Waals surface area contributed by atoms with Crippen LogP contribution in [-0.2, 0) is 28.9 Å². The molecule has 1 amide bonds. The van der Waals surface area contributed by atoms with E-state index in [-0.39, 0.29) is 12.3 Å². The summed E-state index contributed by atoms with van der Waals surface area (Å²) in [4.78, 5) is 34.9. The lowest BCUT2D eigenvalue weighted by Gasteiger charge is -2.20. The van der Waals surface area contributed by atoms with E-state index in [2.05, 4.69) is 22.2 Å². The van der Waals surface area contributed by atoms with Gasteiger partial charge in [0.15, 0.2) is 0 Å². The fourth-order valence-corrected chi connectivity index (χ4v) is 5.62. The number of carbonyl (C=O) groups excluding carboxylic acids is 1. The number of anilines is 1. The molecule has 0 bridgehead atoms. The molecule has 0 unspecified atom stereocenters. The summed E-state index contributed by atoms with van der Waals surface area (Å²) in [6, 6.07) is 11.3. The van der Waals surface area contributed by atoms with E-state index in [1.54, 1.807) is 28.2 Å². The highest BCUT2D eigenvalue weighted by Gasteiger charge is 2.25. The predicted octanol–water partition coefficient (Wildman–Crippen LogP) is 4.52. The molecule has 4 aromatic rings. The van der Waals surface area contributed by atoms with E-state index in [0.29, 0.717) is 30.8 Å². The number of carboxylic acids is 1. The molecule has 200 valence electrons. The van der Waals surface area contributed by atoms with Crippen molar-refractivity contribution in [2.45, 2.75) is 57.4 Å². The Labute approximate surface area is 226 Å². The predicted molar refractivity (Wildman–Crippen MR) is 146 cm³/mol. The molecule has 0 radical (unpaired) electrons. The molecule has 1 aromatic carbocycles. The molecule has 1 fully saturated rings. The van der Waals surface area contributed by atoms with Crippen LogP contribution in [0.3, 0.4) is 0 Å². The Kier molecular flexibility index (Phi) is 6.96. The summed E-state index contributed by atoms with van der Waals surface area (Å²) >= 11 is 0. The van der Waals surface area contributed by atoms with Crippen LogP contribution in [0.25, 0.3) is 10.9 Å². The molecule has 1 atom stereocenters. The molecule has 1 saturated heterocycles. The number of aryl methyl sites for hydroxylation is 2. The first-order valence-electron chi connectivity index (χ1n) is 13.6. The minimum atomic E-state index is -0.943. The Morgan fingerprint density at radius 1 is 1.03 bits per heavy atom. The van der Waals surface area contributed by atoms with Gasteiger partial charge in [0.1, 0.15) is 5.75 Å². The Morgan fingerprint density at radius 2 is 1.92 bits per heavy atom. The number of aliphatic carboxylic acids is 1. The number of hydrogen-bond acceptors (Lipinski definition) is 6. The van der Waals surface area contributed by atoms with Crippen LogP contribution in [0.5, 0.6) is 5.75 Å². The van der Waals surface area contributed by atoms with Crippen molar-refractivity contribution in [3.05, 3.63) is 77.5 Å². The minimum absolute atomic E-state index is 0.0585. The third-order valence-corrected chi connectivity index (χ3v) is 7.61. The number of ether oxygens (including phenoxy) is 1. The molecule has 2 aliphatic rings. The van der Waals surface area contributed by atoms with Crippen molar-refractivity contribution in [3.8, 4) is 5.75 Å². The van der Waals surface area contributed by atoms with Gasteiger partial charge in [-0.15, -0.1) is 0 Å². The average molecular weight is 526 g/mol. The number of amides is 1. The Bertz CT molecular complexity index is 1530. The van der Waals surface area contributed by atoms with Gasteiger partial charge in [-0.25, -0.2) is 0 Å². The van der Waals surface area contributed by atoms with Crippen LogP contribution in [0.1, 0.15) is 60.7 Å². The number of hydrogen-bond donors (Lipinski definition) is 1. The fourth-order valence-electron chi connectivity index (χ4n) is 5.62. The van der Waals surface area contributed by atoms with Gasteiger partial charge in [0.05, 0.1) is 42.7 Å². The van der Waals surface area contributed by atoms with Crippen molar-refractivity contribution in [2.75, 3.05) is 18.1 Å². The SMILES string of the molecule is O=C(O)C[C@@H](c1cncc(N2CCCC2=O)c1)n1ncc2cc(OCCc3ccc4c(n3)CCCC4)ccc21. The second-order valence-electron chi connectivity index (χ2n) is 10.3. The number of rotatable bonds is 9. The van der Waals surface area contributed by atoms with Gasteiger partial charge in [0.2, 0.25) is 5.91 Å². The summed E-state index contributed by atoms with van der Waals surface area (Å²) in [5.74, 6) is -0.156. The van der Waals surface area contributed by atoms with Crippen molar-refractivity contribution in [3.63, 3.8) is 0 Å². The molecule has 4 heterocycles. The van der Waals surface area contributed by atoms with E-state index in [9.17, 15) is 14.7 Å². The fraction of sp³-hybridized carbons (Fsp3) is 0.367. The second-order valence-corrected chi connectivity index (χ2v) is 10.3. The maximum Gasteiger partial charge on any atom is 0.305 e. The van der Waals surface area contributed by atoms with Gasteiger partial charge in [-0.3, -0.25) is 24.2 Å². The second kappa shape index (κ2) is 10.8. The van der Waals surface area contributed by atoms with Gasteiger partial charge in [0, 0.05) is 42.4 Å². The lowest BCUT2D eigenvalue weighted by atomic mass is 9.96. The molecule has 1 N–H and O–H groups in total. The molecule has 9 heteroatoms. The van der Waals surface area contributed by atoms with Crippen LogP contribution >= 0.6 is 0 Å². The molecule has 1 aliphatic carbocycles.